The van der Waals surface area contributed by atoms with E-state index in [0.29, 0.717) is 26.2 Å². The average Bonchev–Trinajstić information content (AvgIpc) is 3.16. The van der Waals surface area contributed by atoms with Crippen molar-refractivity contribution < 1.29 is 13.9 Å². The van der Waals surface area contributed by atoms with Crippen LogP contribution in [0, 0.1) is 5.82 Å². The normalized spacial score (nSPS) is 19.2. The molecule has 1 fully saturated rings. The van der Waals surface area contributed by atoms with Gasteiger partial charge in [-0.1, -0.05) is 18.2 Å². The fraction of sp³-hybridized carbons (Fsp3) is 0.421. The number of carbonyl (C=O) groups excluding carboxylic acids is 1. The molecule has 1 aromatic heterocycles. The molecule has 1 aliphatic rings. The minimum Gasteiger partial charge on any atom is -0.370 e. The number of carbonyl (C=O) groups is 1. The lowest BCUT2D eigenvalue weighted by molar-refractivity contribution is -0.140. The molecule has 0 spiro atoms. The molecule has 0 bridgehead atoms. The van der Waals surface area contributed by atoms with Crippen molar-refractivity contribution in [2.75, 3.05) is 33.3 Å². The summed E-state index contributed by atoms with van der Waals surface area (Å²) in [4.78, 5) is 17.8. The summed E-state index contributed by atoms with van der Waals surface area (Å²) in [7, 11) is 1.97. The van der Waals surface area contributed by atoms with E-state index in [4.69, 9.17) is 4.74 Å². The molecule has 1 aromatic carbocycles. The van der Waals surface area contributed by atoms with Crippen molar-refractivity contribution in [3.8, 4) is 0 Å². The Morgan fingerprint density at radius 2 is 2.16 bits per heavy atom. The van der Waals surface area contributed by atoms with Crippen LogP contribution in [-0.4, -0.2) is 49.0 Å². The van der Waals surface area contributed by atoms with Gasteiger partial charge in [-0.3, -0.25) is 9.69 Å². The van der Waals surface area contributed by atoms with Crippen LogP contribution in [0.4, 0.5) is 4.39 Å². The summed E-state index contributed by atoms with van der Waals surface area (Å²) in [6.45, 7) is 4.08. The maximum Gasteiger partial charge on any atom is 0.236 e. The lowest BCUT2D eigenvalue weighted by Gasteiger charge is -2.35. The quantitative estimate of drug-likeness (QED) is 0.816. The van der Waals surface area contributed by atoms with Gasteiger partial charge in [0.1, 0.15) is 11.9 Å². The van der Waals surface area contributed by atoms with E-state index < -0.39 is 0 Å². The second kappa shape index (κ2) is 8.08. The topological polar surface area (TPSA) is 32.8 Å². The minimum absolute atomic E-state index is 0.0984. The Kier molecular flexibility index (Phi) is 5.83. The zero-order valence-corrected chi connectivity index (χ0v) is 15.3. The number of rotatable bonds is 5. The number of thiophene rings is 1. The van der Waals surface area contributed by atoms with Gasteiger partial charge in [0, 0.05) is 17.5 Å². The molecule has 0 aliphatic carbocycles. The molecule has 134 valence electrons. The third kappa shape index (κ3) is 4.45. The molecule has 6 heteroatoms. The highest BCUT2D eigenvalue weighted by Crippen LogP contribution is 2.25. The number of ether oxygens (including phenoxy) is 1. The highest BCUT2D eigenvalue weighted by molar-refractivity contribution is 7.10. The van der Waals surface area contributed by atoms with Crippen LogP contribution in [0.15, 0.2) is 41.8 Å². The summed E-state index contributed by atoms with van der Waals surface area (Å²) in [5.74, 6) is -0.169. The van der Waals surface area contributed by atoms with Gasteiger partial charge in [0.25, 0.3) is 0 Å². The summed E-state index contributed by atoms with van der Waals surface area (Å²) in [5, 5.41) is 2.05. The summed E-state index contributed by atoms with van der Waals surface area (Å²) < 4.78 is 18.9. The van der Waals surface area contributed by atoms with Crippen LogP contribution in [0.25, 0.3) is 0 Å². The second-order valence-electron chi connectivity index (χ2n) is 6.36. The number of amides is 1. The van der Waals surface area contributed by atoms with Gasteiger partial charge in [0.15, 0.2) is 0 Å². The molecule has 1 aliphatic heterocycles. The van der Waals surface area contributed by atoms with Gasteiger partial charge in [-0.15, -0.1) is 11.3 Å². The molecule has 1 amide bonds. The van der Waals surface area contributed by atoms with Crippen LogP contribution in [0.5, 0.6) is 0 Å². The first-order chi connectivity index (χ1) is 12.0. The molecule has 1 saturated heterocycles. The van der Waals surface area contributed by atoms with E-state index in [9.17, 15) is 9.18 Å². The molecular weight excluding hydrogens is 339 g/mol. The van der Waals surface area contributed by atoms with Gasteiger partial charge >= 0.3 is 0 Å². The molecular formula is C19H23FN2O2S. The van der Waals surface area contributed by atoms with Crippen molar-refractivity contribution in [1.82, 2.24) is 9.80 Å². The molecule has 0 N–H and O–H groups in total. The number of morpholine rings is 1. The molecule has 2 unspecified atom stereocenters. The highest BCUT2D eigenvalue weighted by Gasteiger charge is 2.27. The van der Waals surface area contributed by atoms with Gasteiger partial charge in [0.2, 0.25) is 5.91 Å². The van der Waals surface area contributed by atoms with E-state index in [0.717, 1.165) is 5.56 Å². The van der Waals surface area contributed by atoms with Crippen molar-refractivity contribution in [1.29, 1.82) is 0 Å². The first kappa shape index (κ1) is 18.0. The van der Waals surface area contributed by atoms with E-state index in [1.54, 1.807) is 23.5 Å². The molecule has 3 rings (SSSR count). The van der Waals surface area contributed by atoms with Crippen molar-refractivity contribution >= 4 is 17.2 Å². The molecule has 2 heterocycles. The fourth-order valence-corrected chi connectivity index (χ4v) is 3.80. The maximum absolute atomic E-state index is 13.1. The molecule has 2 atom stereocenters. The minimum atomic E-state index is -0.267. The van der Waals surface area contributed by atoms with Crippen LogP contribution in [-0.2, 0) is 9.53 Å². The Morgan fingerprint density at radius 1 is 1.40 bits per heavy atom. The maximum atomic E-state index is 13.1. The first-order valence-corrected chi connectivity index (χ1v) is 9.31. The molecule has 0 radical (unpaired) electrons. The Hall–Kier alpha value is -1.76. The Bertz CT molecular complexity index is 690. The van der Waals surface area contributed by atoms with Gasteiger partial charge in [-0.2, -0.15) is 0 Å². The van der Waals surface area contributed by atoms with E-state index in [2.05, 4.69) is 23.3 Å². The smallest absolute Gasteiger partial charge is 0.236 e. The van der Waals surface area contributed by atoms with E-state index in [1.807, 2.05) is 18.0 Å². The van der Waals surface area contributed by atoms with Crippen LogP contribution in [0.1, 0.15) is 29.5 Å². The Morgan fingerprint density at radius 3 is 2.84 bits per heavy atom. The predicted octanol–water partition coefficient (Wildman–Crippen LogP) is 3.48. The number of halogens is 1. The Balaban J connectivity index is 1.59. The third-order valence-electron chi connectivity index (χ3n) is 4.66. The number of benzene rings is 1. The SMILES string of the molecule is CC(c1cccs1)N(C)CC(=O)N1CCOC(c2ccc(F)cc2)C1. The summed E-state index contributed by atoms with van der Waals surface area (Å²) in [6, 6.07) is 10.6. The van der Waals surface area contributed by atoms with Crippen LogP contribution in [0.2, 0.25) is 0 Å². The standard InChI is InChI=1S/C19H23FN2O2S/c1-14(18-4-3-11-25-18)21(2)13-19(23)22-9-10-24-17(12-22)15-5-7-16(20)8-6-15/h3-8,11,14,17H,9-10,12-13H2,1-2H3. The molecule has 2 aromatic rings. The largest absolute Gasteiger partial charge is 0.370 e. The summed E-state index contributed by atoms with van der Waals surface area (Å²) in [6.07, 6.45) is -0.196. The number of hydrogen-bond acceptors (Lipinski definition) is 4. The van der Waals surface area contributed by atoms with Crippen LogP contribution in [0.3, 0.4) is 0 Å². The summed E-state index contributed by atoms with van der Waals surface area (Å²) >= 11 is 1.70. The number of likely N-dealkylation sites (N-methyl/N-ethyl adjacent to an activating group) is 1. The predicted molar refractivity (Wildman–Crippen MR) is 97.0 cm³/mol. The number of nitrogens with zero attached hydrogens (tertiary/aromatic N) is 2. The zero-order valence-electron chi connectivity index (χ0n) is 14.5. The fourth-order valence-electron chi connectivity index (χ4n) is 2.95. The monoisotopic (exact) mass is 362 g/mol. The lowest BCUT2D eigenvalue weighted by Crippen LogP contribution is -2.46. The summed E-state index contributed by atoms with van der Waals surface area (Å²) in [5.41, 5.74) is 0.902. The Labute approximate surface area is 151 Å². The van der Waals surface area contributed by atoms with E-state index >= 15 is 0 Å². The van der Waals surface area contributed by atoms with Gasteiger partial charge in [-0.05, 0) is 43.1 Å². The molecule has 4 nitrogen and oxygen atoms in total. The van der Waals surface area contributed by atoms with Gasteiger partial charge in [-0.25, -0.2) is 4.39 Å². The third-order valence-corrected chi connectivity index (χ3v) is 5.70. The second-order valence-corrected chi connectivity index (χ2v) is 7.34. The van der Waals surface area contributed by atoms with E-state index in [-0.39, 0.29) is 23.9 Å². The van der Waals surface area contributed by atoms with Crippen LogP contribution < -0.4 is 0 Å². The zero-order chi connectivity index (χ0) is 17.8. The molecule has 25 heavy (non-hydrogen) atoms. The van der Waals surface area contributed by atoms with Gasteiger partial charge < -0.3 is 9.64 Å². The van der Waals surface area contributed by atoms with Crippen molar-refractivity contribution in [3.63, 3.8) is 0 Å². The van der Waals surface area contributed by atoms with Crippen LogP contribution >= 0.6 is 11.3 Å². The number of hydrogen-bond donors (Lipinski definition) is 0. The van der Waals surface area contributed by atoms with E-state index in [1.165, 1.54) is 17.0 Å². The molecule has 0 saturated carbocycles. The van der Waals surface area contributed by atoms with Crippen molar-refractivity contribution in [2.24, 2.45) is 0 Å². The lowest BCUT2D eigenvalue weighted by atomic mass is 10.1. The van der Waals surface area contributed by atoms with Gasteiger partial charge in [0.05, 0.1) is 19.7 Å². The highest BCUT2D eigenvalue weighted by atomic mass is 32.1. The first-order valence-electron chi connectivity index (χ1n) is 8.43. The van der Waals surface area contributed by atoms with Crippen molar-refractivity contribution in [2.45, 2.75) is 19.1 Å². The average molecular weight is 362 g/mol. The van der Waals surface area contributed by atoms with Crippen molar-refractivity contribution in [3.05, 3.63) is 58.0 Å².